The van der Waals surface area contributed by atoms with Crippen LogP contribution in [-0.4, -0.2) is 30.4 Å². The van der Waals surface area contributed by atoms with Gasteiger partial charge in [-0.15, -0.1) is 0 Å². The highest BCUT2D eigenvalue weighted by atomic mass is 16.5. The molecule has 0 amide bonds. The van der Waals surface area contributed by atoms with Crippen molar-refractivity contribution in [3.63, 3.8) is 0 Å². The Balaban J connectivity index is 0.000000311. The third-order valence-electron chi connectivity index (χ3n) is 6.28. The molecule has 2 fully saturated rings. The van der Waals surface area contributed by atoms with E-state index < -0.39 is 0 Å². The van der Waals surface area contributed by atoms with Crippen LogP contribution in [0.1, 0.15) is 85.0 Å². The lowest BCUT2D eigenvalue weighted by Crippen LogP contribution is -2.18. The van der Waals surface area contributed by atoms with Gasteiger partial charge in [0.05, 0.1) is 7.11 Å². The predicted molar refractivity (Wildman–Crippen MR) is 122 cm³/mol. The average molecular weight is 433 g/mol. The van der Waals surface area contributed by atoms with Crippen LogP contribution in [0, 0.1) is 23.7 Å². The Hall–Kier alpha value is -2.04. The van der Waals surface area contributed by atoms with Crippen LogP contribution in [0.5, 0.6) is 0 Å². The van der Waals surface area contributed by atoms with Gasteiger partial charge in [0.25, 0.3) is 0 Å². The molecular weight excluding hydrogens is 392 g/mol. The minimum absolute atomic E-state index is 0.0295. The van der Waals surface area contributed by atoms with E-state index in [4.69, 9.17) is 0 Å². The van der Waals surface area contributed by atoms with Gasteiger partial charge in [-0.2, -0.15) is 0 Å². The molecular formula is C26H40O5. The quantitative estimate of drug-likeness (QED) is 0.340. The summed E-state index contributed by atoms with van der Waals surface area (Å²) in [6.45, 7) is 5.76. The highest BCUT2D eigenvalue weighted by Gasteiger charge is 2.35. The highest BCUT2D eigenvalue weighted by molar-refractivity contribution is 5.85. The van der Waals surface area contributed by atoms with Gasteiger partial charge < -0.3 is 9.53 Å². The molecule has 0 N–H and O–H groups in total. The Morgan fingerprint density at radius 1 is 0.839 bits per heavy atom. The van der Waals surface area contributed by atoms with Gasteiger partial charge in [-0.1, -0.05) is 38.2 Å². The molecule has 0 aromatic carbocycles. The average Bonchev–Trinajstić information content (AvgIpc) is 3.25. The summed E-state index contributed by atoms with van der Waals surface area (Å²) < 4.78 is 4.65. The van der Waals surface area contributed by atoms with E-state index in [0.29, 0.717) is 43.2 Å². The molecule has 0 heterocycles. The van der Waals surface area contributed by atoms with Crippen LogP contribution in [-0.2, 0) is 23.9 Å². The number of carbonyl (C=O) groups is 4. The number of ether oxygens (including phenoxy) is 1. The molecule has 0 aromatic rings. The molecule has 1 unspecified atom stereocenters. The van der Waals surface area contributed by atoms with Gasteiger partial charge in [-0.05, 0) is 57.3 Å². The number of hydrogen-bond acceptors (Lipinski definition) is 5. The molecule has 2 saturated carbocycles. The van der Waals surface area contributed by atoms with Crippen LogP contribution in [0.3, 0.4) is 0 Å². The fourth-order valence-corrected chi connectivity index (χ4v) is 4.58. The Morgan fingerprint density at radius 3 is 1.68 bits per heavy atom. The van der Waals surface area contributed by atoms with Crippen LogP contribution in [0.2, 0.25) is 0 Å². The van der Waals surface area contributed by atoms with Crippen molar-refractivity contribution < 1.29 is 23.9 Å². The van der Waals surface area contributed by atoms with Gasteiger partial charge in [0.15, 0.2) is 0 Å². The number of methoxy groups -OCH3 is 1. The predicted octanol–water partition coefficient (Wildman–Crippen LogP) is 5.42. The van der Waals surface area contributed by atoms with Crippen LogP contribution < -0.4 is 0 Å². The lowest BCUT2D eigenvalue weighted by molar-refractivity contribution is -0.142. The molecule has 0 aromatic heterocycles. The minimum Gasteiger partial charge on any atom is -0.469 e. The second-order valence-electron chi connectivity index (χ2n) is 8.66. The summed E-state index contributed by atoms with van der Waals surface area (Å²) in [5.41, 5.74) is 0. The van der Waals surface area contributed by atoms with E-state index in [0.717, 1.165) is 38.5 Å². The fraction of sp³-hybridized carbons (Fsp3) is 0.692. The third-order valence-corrected chi connectivity index (χ3v) is 6.28. The molecule has 174 valence electrons. The summed E-state index contributed by atoms with van der Waals surface area (Å²) in [5.74, 6) is 1.27. The van der Waals surface area contributed by atoms with Gasteiger partial charge in [0.2, 0.25) is 0 Å². The molecule has 2 aliphatic rings. The highest BCUT2D eigenvalue weighted by Crippen LogP contribution is 2.35. The number of rotatable bonds is 10. The molecule has 0 radical (unpaired) electrons. The molecule has 4 atom stereocenters. The normalized spacial score (nSPS) is 25.8. The maximum absolute atomic E-state index is 11.7. The van der Waals surface area contributed by atoms with Crippen molar-refractivity contribution in [1.82, 2.24) is 0 Å². The van der Waals surface area contributed by atoms with Crippen molar-refractivity contribution in [1.29, 1.82) is 0 Å². The van der Waals surface area contributed by atoms with Crippen molar-refractivity contribution in [2.24, 2.45) is 23.7 Å². The number of hydrogen-bond donors (Lipinski definition) is 0. The van der Waals surface area contributed by atoms with E-state index in [1.165, 1.54) is 7.11 Å². The first-order valence-corrected chi connectivity index (χ1v) is 11.8. The topological polar surface area (TPSA) is 77.5 Å². The summed E-state index contributed by atoms with van der Waals surface area (Å²) in [6, 6.07) is 0. The largest absolute Gasteiger partial charge is 0.469 e. The standard InChI is InChI=1S/C13H20O3.C13H20O2/c1-3-4-5-6-11-10(7-8-12(11)14)9-13(15)16-2;1-3-4-5-6-12-11(9-10(2)14)7-8-13(12)15/h4-5,10-11H,3,6-9H2,1-2H3;4-5,11-12H,3,6-9H2,1-2H3/b2*5-4-/t10-,11?;11-,12+/m00/s1. The second-order valence-corrected chi connectivity index (χ2v) is 8.66. The molecule has 2 aliphatic carbocycles. The summed E-state index contributed by atoms with van der Waals surface area (Å²) in [6.07, 6.45) is 15.9. The zero-order valence-electron chi connectivity index (χ0n) is 19.7. The number of ketones is 3. The van der Waals surface area contributed by atoms with E-state index in [9.17, 15) is 19.2 Å². The molecule has 0 bridgehead atoms. The van der Waals surface area contributed by atoms with Crippen LogP contribution in [0.15, 0.2) is 24.3 Å². The smallest absolute Gasteiger partial charge is 0.305 e. The van der Waals surface area contributed by atoms with Crippen molar-refractivity contribution in [2.45, 2.75) is 85.0 Å². The van der Waals surface area contributed by atoms with E-state index in [2.05, 4.69) is 42.9 Å². The van der Waals surface area contributed by atoms with Crippen molar-refractivity contribution in [2.75, 3.05) is 7.11 Å². The maximum atomic E-state index is 11.7. The van der Waals surface area contributed by atoms with Crippen LogP contribution in [0.25, 0.3) is 0 Å². The van der Waals surface area contributed by atoms with Gasteiger partial charge in [-0.25, -0.2) is 0 Å². The molecule has 5 nitrogen and oxygen atoms in total. The number of carbonyl (C=O) groups excluding carboxylic acids is 4. The fourth-order valence-electron chi connectivity index (χ4n) is 4.58. The van der Waals surface area contributed by atoms with Gasteiger partial charge in [0, 0.05) is 37.5 Å². The van der Waals surface area contributed by atoms with Crippen LogP contribution in [0.4, 0.5) is 0 Å². The summed E-state index contributed by atoms with van der Waals surface area (Å²) in [4.78, 5) is 45.5. The monoisotopic (exact) mass is 432 g/mol. The number of esters is 1. The zero-order chi connectivity index (χ0) is 23.2. The lowest BCUT2D eigenvalue weighted by atomic mass is 9.88. The van der Waals surface area contributed by atoms with Gasteiger partial charge in [-0.3, -0.25) is 14.4 Å². The van der Waals surface area contributed by atoms with E-state index in [1.54, 1.807) is 6.92 Å². The molecule has 0 spiro atoms. The molecule has 0 saturated heterocycles. The Morgan fingerprint density at radius 2 is 1.29 bits per heavy atom. The van der Waals surface area contributed by atoms with E-state index in [-0.39, 0.29) is 29.5 Å². The summed E-state index contributed by atoms with van der Waals surface area (Å²) >= 11 is 0. The Kier molecular flexibility index (Phi) is 13.0. The molecule has 0 aliphatic heterocycles. The molecule has 2 rings (SSSR count). The van der Waals surface area contributed by atoms with Gasteiger partial charge in [0.1, 0.15) is 17.3 Å². The number of Topliss-reactive ketones (excluding diaryl/α,β-unsaturated/α-hetero) is 3. The first-order valence-electron chi connectivity index (χ1n) is 11.8. The Labute approximate surface area is 187 Å². The first kappa shape index (κ1) is 27.0. The second kappa shape index (κ2) is 14.9. The molecule has 31 heavy (non-hydrogen) atoms. The van der Waals surface area contributed by atoms with Crippen molar-refractivity contribution in [3.8, 4) is 0 Å². The van der Waals surface area contributed by atoms with Crippen molar-refractivity contribution in [3.05, 3.63) is 24.3 Å². The third kappa shape index (κ3) is 9.75. The van der Waals surface area contributed by atoms with Gasteiger partial charge >= 0.3 is 5.97 Å². The van der Waals surface area contributed by atoms with Crippen LogP contribution >= 0.6 is 0 Å². The number of allylic oxidation sites excluding steroid dienone is 4. The summed E-state index contributed by atoms with van der Waals surface area (Å²) in [5, 5.41) is 0. The SMILES string of the molecule is CC/C=C\CC1C(=O)CC[C@H]1CC(=O)OC.CC/C=C\C[C@H]1C(=O)CC[C@H]1CC(C)=O. The molecule has 5 heteroatoms. The summed E-state index contributed by atoms with van der Waals surface area (Å²) in [7, 11) is 1.39. The minimum atomic E-state index is -0.204. The van der Waals surface area contributed by atoms with E-state index in [1.807, 2.05) is 0 Å². The van der Waals surface area contributed by atoms with E-state index >= 15 is 0 Å². The lowest BCUT2D eigenvalue weighted by Gasteiger charge is -2.15. The first-order chi connectivity index (χ1) is 14.8. The van der Waals surface area contributed by atoms with Crippen molar-refractivity contribution >= 4 is 23.3 Å². The Bertz CT molecular complexity index is 661. The zero-order valence-corrected chi connectivity index (χ0v) is 19.7. The maximum Gasteiger partial charge on any atom is 0.305 e.